The van der Waals surface area contributed by atoms with Crippen LogP contribution in [0.2, 0.25) is 5.02 Å². The summed E-state index contributed by atoms with van der Waals surface area (Å²) in [5.41, 5.74) is 7.62. The minimum atomic E-state index is -3.21. The van der Waals surface area contributed by atoms with Crippen LogP contribution < -0.4 is 16.4 Å². The van der Waals surface area contributed by atoms with Gasteiger partial charge in [-0.3, -0.25) is 4.79 Å². The first-order valence-corrected chi connectivity index (χ1v) is 17.7. The van der Waals surface area contributed by atoms with Gasteiger partial charge in [-0.2, -0.15) is 4.31 Å². The quantitative estimate of drug-likeness (QED) is 0.408. The molecule has 3 aliphatic heterocycles. The molecule has 8 unspecified atom stereocenters. The smallest absolute Gasteiger partial charge is 0.237 e. The number of amides is 1. The van der Waals surface area contributed by atoms with Crippen LogP contribution in [-0.4, -0.2) is 73.8 Å². The Morgan fingerprint density at radius 3 is 2.66 bits per heavy atom. The third kappa shape index (κ3) is 7.65. The highest BCUT2D eigenvalue weighted by atomic mass is 35.5. The van der Waals surface area contributed by atoms with E-state index < -0.39 is 16.1 Å². The standard InChI is InChI=1S/C31H49ClN4O4S/c1-31(2)18-23(15-16-40-31)28(22-9-12-24(32)13-10-22)29(33)30(37)35-27-8-4-3-6-21(27)11-14-26-19-34-25-7-5-17-41(38,39)36(26)20-25/h9-10,12-13,21,23,25-29,34H,3-8,11,14-20,33H2,1-2H3,(H,35,37). The van der Waals surface area contributed by atoms with Crippen LogP contribution in [0.25, 0.3) is 0 Å². The van der Waals surface area contributed by atoms with Gasteiger partial charge in [0.25, 0.3) is 0 Å². The minimum Gasteiger partial charge on any atom is -0.376 e. The first-order valence-electron chi connectivity index (χ1n) is 15.7. The predicted molar refractivity (Wildman–Crippen MR) is 163 cm³/mol. The van der Waals surface area contributed by atoms with Crippen LogP contribution in [0.3, 0.4) is 0 Å². The highest BCUT2D eigenvalue weighted by Crippen LogP contribution is 2.40. The van der Waals surface area contributed by atoms with E-state index in [1.165, 1.54) is 0 Å². The molecule has 41 heavy (non-hydrogen) atoms. The summed E-state index contributed by atoms with van der Waals surface area (Å²) in [5, 5.41) is 7.63. The first kappa shape index (κ1) is 31.2. The van der Waals surface area contributed by atoms with Crippen LogP contribution in [0.1, 0.15) is 89.5 Å². The summed E-state index contributed by atoms with van der Waals surface area (Å²) < 4.78 is 33.6. The van der Waals surface area contributed by atoms with Crippen molar-refractivity contribution in [2.45, 2.75) is 114 Å². The number of rotatable bonds is 8. The van der Waals surface area contributed by atoms with Crippen molar-refractivity contribution in [3.63, 3.8) is 0 Å². The number of carbonyl (C=O) groups is 1. The maximum Gasteiger partial charge on any atom is 0.237 e. The first-order chi connectivity index (χ1) is 19.5. The summed E-state index contributed by atoms with van der Waals surface area (Å²) in [6, 6.07) is 7.40. The summed E-state index contributed by atoms with van der Waals surface area (Å²) in [7, 11) is -3.21. The third-order valence-corrected chi connectivity index (χ3v) is 12.3. The van der Waals surface area contributed by atoms with Gasteiger partial charge in [0.2, 0.25) is 15.9 Å². The lowest BCUT2D eigenvalue weighted by molar-refractivity contribution is -0.126. The Kier molecular flexibility index (Phi) is 10.0. The van der Waals surface area contributed by atoms with Crippen molar-refractivity contribution in [2.24, 2.45) is 17.6 Å². The molecule has 1 aliphatic carbocycles. The molecule has 4 aliphatic rings. The van der Waals surface area contributed by atoms with Crippen LogP contribution in [-0.2, 0) is 19.6 Å². The van der Waals surface area contributed by atoms with Gasteiger partial charge in [-0.15, -0.1) is 0 Å². The molecule has 3 saturated heterocycles. The molecule has 2 bridgehead atoms. The van der Waals surface area contributed by atoms with Crippen LogP contribution in [0.15, 0.2) is 24.3 Å². The fraction of sp³-hybridized carbons (Fsp3) is 0.774. The summed E-state index contributed by atoms with van der Waals surface area (Å²) in [5.74, 6) is 0.570. The number of nitrogens with zero attached hydrogens (tertiary/aromatic N) is 1. The van der Waals surface area contributed by atoms with Crippen LogP contribution >= 0.6 is 11.6 Å². The number of hydrogen-bond donors (Lipinski definition) is 3. The Labute approximate surface area is 251 Å². The minimum absolute atomic E-state index is 0.0129. The van der Waals surface area contributed by atoms with Crippen molar-refractivity contribution in [3.05, 3.63) is 34.9 Å². The molecular formula is C31H49ClN4O4S. The molecule has 1 saturated carbocycles. The van der Waals surface area contributed by atoms with Crippen molar-refractivity contribution in [3.8, 4) is 0 Å². The molecule has 3 heterocycles. The Balaban J connectivity index is 1.26. The fourth-order valence-corrected chi connectivity index (χ4v) is 9.81. The van der Waals surface area contributed by atoms with Crippen molar-refractivity contribution in [1.29, 1.82) is 0 Å². The number of nitrogens with one attached hydrogen (secondary N) is 2. The lowest BCUT2D eigenvalue weighted by Gasteiger charge is -2.42. The number of sulfonamides is 1. The van der Waals surface area contributed by atoms with Gasteiger partial charge in [0.15, 0.2) is 0 Å². The molecule has 0 spiro atoms. The zero-order valence-corrected chi connectivity index (χ0v) is 26.3. The number of halogens is 1. The van der Waals surface area contributed by atoms with Crippen molar-refractivity contribution < 1.29 is 17.9 Å². The number of carbonyl (C=O) groups excluding carboxylic acids is 1. The van der Waals surface area contributed by atoms with E-state index in [4.69, 9.17) is 22.1 Å². The molecule has 0 radical (unpaired) electrons. The monoisotopic (exact) mass is 608 g/mol. The van der Waals surface area contributed by atoms with Crippen molar-refractivity contribution >= 4 is 27.5 Å². The van der Waals surface area contributed by atoms with Gasteiger partial charge in [0.1, 0.15) is 0 Å². The van der Waals surface area contributed by atoms with Gasteiger partial charge < -0.3 is 21.1 Å². The second-order valence-corrected chi connectivity index (χ2v) is 16.0. The molecule has 8 nitrogen and oxygen atoms in total. The molecule has 1 aromatic rings. The molecule has 8 atom stereocenters. The summed E-state index contributed by atoms with van der Waals surface area (Å²) in [6.07, 6.45) is 9.26. The van der Waals surface area contributed by atoms with Crippen LogP contribution in [0.4, 0.5) is 0 Å². The Bertz CT molecular complexity index is 1150. The predicted octanol–water partition coefficient (Wildman–Crippen LogP) is 4.18. The zero-order valence-electron chi connectivity index (χ0n) is 24.7. The second kappa shape index (κ2) is 13.2. The van der Waals surface area contributed by atoms with E-state index in [0.29, 0.717) is 30.6 Å². The van der Waals surface area contributed by atoms with Crippen molar-refractivity contribution in [1.82, 2.24) is 14.9 Å². The highest BCUT2D eigenvalue weighted by molar-refractivity contribution is 7.89. The number of benzene rings is 1. The number of ether oxygens (including phenoxy) is 1. The second-order valence-electron chi connectivity index (χ2n) is 13.5. The van der Waals surface area contributed by atoms with Crippen LogP contribution in [0, 0.1) is 11.8 Å². The van der Waals surface area contributed by atoms with E-state index in [0.717, 1.165) is 69.8 Å². The van der Waals surface area contributed by atoms with Gasteiger partial charge in [-0.05, 0) is 94.7 Å². The lowest BCUT2D eigenvalue weighted by Crippen LogP contribution is -2.57. The van der Waals surface area contributed by atoms with E-state index in [2.05, 4.69) is 24.5 Å². The van der Waals surface area contributed by atoms with Gasteiger partial charge >= 0.3 is 0 Å². The molecular weight excluding hydrogens is 560 g/mol. The highest BCUT2D eigenvalue weighted by Gasteiger charge is 2.41. The molecule has 5 rings (SSSR count). The third-order valence-electron chi connectivity index (χ3n) is 10.1. The molecule has 1 aromatic carbocycles. The van der Waals surface area contributed by atoms with Gasteiger partial charge in [0.05, 0.1) is 17.4 Å². The van der Waals surface area contributed by atoms with E-state index in [1.807, 2.05) is 24.3 Å². The van der Waals surface area contributed by atoms with E-state index >= 15 is 0 Å². The average molecular weight is 609 g/mol. The Morgan fingerprint density at radius 2 is 1.90 bits per heavy atom. The van der Waals surface area contributed by atoms with Crippen molar-refractivity contribution in [2.75, 3.05) is 25.4 Å². The number of piperazine rings is 1. The maximum absolute atomic E-state index is 13.8. The average Bonchev–Trinajstić information content (AvgIpc) is 3.04. The molecule has 4 fully saturated rings. The van der Waals surface area contributed by atoms with Gasteiger partial charge in [-0.25, -0.2) is 8.42 Å². The van der Waals surface area contributed by atoms with Crippen LogP contribution in [0.5, 0.6) is 0 Å². The maximum atomic E-state index is 13.8. The van der Waals surface area contributed by atoms with E-state index in [1.54, 1.807) is 4.31 Å². The van der Waals surface area contributed by atoms with E-state index in [-0.39, 0.29) is 47.2 Å². The number of nitrogens with two attached hydrogens (primary N) is 1. The molecule has 4 N–H and O–H groups in total. The topological polar surface area (TPSA) is 114 Å². The molecule has 10 heteroatoms. The van der Waals surface area contributed by atoms with Gasteiger partial charge in [0, 0.05) is 48.8 Å². The number of fused-ring (bicyclic) bond motifs is 2. The SMILES string of the molecule is CC1(C)CC(C(c2ccc(Cl)cc2)C(N)C(=O)NC2CCCCC2CCC2CNC3CCCS(=O)(=O)N2C3)CCO1. The Morgan fingerprint density at radius 1 is 1.15 bits per heavy atom. The molecule has 0 aromatic heterocycles. The number of hydrogen-bond acceptors (Lipinski definition) is 6. The summed E-state index contributed by atoms with van der Waals surface area (Å²) >= 11 is 6.20. The lowest BCUT2D eigenvalue weighted by atomic mass is 9.73. The largest absolute Gasteiger partial charge is 0.376 e. The Hall–Kier alpha value is -1.23. The normalized spacial score (nSPS) is 34.6. The molecule has 1 amide bonds. The van der Waals surface area contributed by atoms with Gasteiger partial charge in [-0.1, -0.05) is 36.6 Å². The molecule has 230 valence electrons. The van der Waals surface area contributed by atoms with E-state index in [9.17, 15) is 13.2 Å². The summed E-state index contributed by atoms with van der Waals surface area (Å²) in [4.78, 5) is 13.8. The summed E-state index contributed by atoms with van der Waals surface area (Å²) in [6.45, 7) is 6.17. The zero-order chi connectivity index (χ0) is 29.2. The fourth-order valence-electron chi connectivity index (χ4n) is 7.88.